The lowest BCUT2D eigenvalue weighted by atomic mass is 9.73. The van der Waals surface area contributed by atoms with Gasteiger partial charge >= 0.3 is 0 Å². The lowest BCUT2D eigenvalue weighted by Gasteiger charge is -2.35. The van der Waals surface area contributed by atoms with Gasteiger partial charge in [-0.3, -0.25) is 4.79 Å². The van der Waals surface area contributed by atoms with Crippen LogP contribution in [0.5, 0.6) is 5.75 Å². The molecule has 1 heterocycles. The number of hydrogen-bond donors (Lipinski definition) is 2. The molecular weight excluding hydrogens is 345 g/mol. The van der Waals surface area contributed by atoms with E-state index in [0.717, 1.165) is 38.5 Å². The Hall–Kier alpha value is -1.62. The summed E-state index contributed by atoms with van der Waals surface area (Å²) >= 11 is 0. The molecule has 4 nitrogen and oxygen atoms in total. The van der Waals surface area contributed by atoms with Crippen molar-refractivity contribution in [3.63, 3.8) is 0 Å². The standard InChI is InChI=1S/C22H32FNO3/c1-3-15(13-25)10-14(2)17-6-4-16(5-7-17)11-24-12-18-8-9-19(26)21(23)20(18)22(24)27/h8-9,14-17,25-26H,3-7,10-13H2,1-2H3. The van der Waals surface area contributed by atoms with Crippen LogP contribution in [0.3, 0.4) is 0 Å². The molecule has 0 bridgehead atoms. The van der Waals surface area contributed by atoms with Crippen molar-refractivity contribution in [2.24, 2.45) is 23.7 Å². The monoisotopic (exact) mass is 377 g/mol. The van der Waals surface area contributed by atoms with E-state index < -0.39 is 11.6 Å². The zero-order valence-corrected chi connectivity index (χ0v) is 16.5. The maximum atomic E-state index is 14.1. The van der Waals surface area contributed by atoms with E-state index in [-0.39, 0.29) is 18.1 Å². The van der Waals surface area contributed by atoms with Crippen LogP contribution in [0.4, 0.5) is 4.39 Å². The second-order valence-corrected chi connectivity index (χ2v) is 8.57. The molecule has 3 rings (SSSR count). The second kappa shape index (κ2) is 8.59. The number of aromatic hydroxyl groups is 1. The lowest BCUT2D eigenvalue weighted by molar-refractivity contribution is 0.0713. The molecule has 2 atom stereocenters. The highest BCUT2D eigenvalue weighted by Crippen LogP contribution is 2.38. The van der Waals surface area contributed by atoms with Gasteiger partial charge in [0.25, 0.3) is 5.91 Å². The summed E-state index contributed by atoms with van der Waals surface area (Å²) in [5.41, 5.74) is 0.721. The molecule has 0 spiro atoms. The predicted molar refractivity (Wildman–Crippen MR) is 103 cm³/mol. The summed E-state index contributed by atoms with van der Waals surface area (Å²) in [5, 5.41) is 19.0. The molecule has 27 heavy (non-hydrogen) atoms. The molecule has 1 aromatic carbocycles. The van der Waals surface area contributed by atoms with Gasteiger partial charge in [0, 0.05) is 19.7 Å². The summed E-state index contributed by atoms with van der Waals surface area (Å²) in [5.74, 6) is 0.662. The number of phenolic OH excluding ortho intramolecular Hbond substituents is 1. The number of fused-ring (bicyclic) bond motifs is 1. The molecule has 2 unspecified atom stereocenters. The van der Waals surface area contributed by atoms with Crippen LogP contribution in [0.2, 0.25) is 0 Å². The van der Waals surface area contributed by atoms with E-state index in [0.29, 0.717) is 42.3 Å². The van der Waals surface area contributed by atoms with Crippen LogP contribution in [0.25, 0.3) is 0 Å². The molecule has 0 aromatic heterocycles. The fourth-order valence-corrected chi connectivity index (χ4v) is 4.89. The van der Waals surface area contributed by atoms with E-state index >= 15 is 0 Å². The Morgan fingerprint density at radius 1 is 1.26 bits per heavy atom. The molecule has 0 radical (unpaired) electrons. The number of rotatable bonds is 7. The molecule has 1 fully saturated rings. The average Bonchev–Trinajstić information content (AvgIpc) is 2.99. The zero-order valence-electron chi connectivity index (χ0n) is 16.5. The van der Waals surface area contributed by atoms with Gasteiger partial charge in [0.2, 0.25) is 0 Å². The largest absolute Gasteiger partial charge is 0.505 e. The van der Waals surface area contributed by atoms with Crippen molar-refractivity contribution in [2.75, 3.05) is 13.2 Å². The van der Waals surface area contributed by atoms with Gasteiger partial charge in [0.1, 0.15) is 0 Å². The van der Waals surface area contributed by atoms with E-state index in [4.69, 9.17) is 0 Å². The van der Waals surface area contributed by atoms with Crippen molar-refractivity contribution in [3.05, 3.63) is 29.1 Å². The maximum Gasteiger partial charge on any atom is 0.257 e. The zero-order chi connectivity index (χ0) is 19.6. The molecule has 1 amide bonds. The summed E-state index contributed by atoms with van der Waals surface area (Å²) in [7, 11) is 0. The van der Waals surface area contributed by atoms with E-state index in [1.54, 1.807) is 11.0 Å². The van der Waals surface area contributed by atoms with Gasteiger partial charge in [0.05, 0.1) is 5.56 Å². The molecule has 2 aliphatic rings. The molecule has 1 aromatic rings. The first-order valence-corrected chi connectivity index (χ1v) is 10.3. The van der Waals surface area contributed by atoms with E-state index in [1.165, 1.54) is 6.07 Å². The lowest BCUT2D eigenvalue weighted by Crippen LogP contribution is -2.33. The van der Waals surface area contributed by atoms with Crippen LogP contribution in [0.1, 0.15) is 68.3 Å². The number of phenols is 1. The fraction of sp³-hybridized carbons (Fsp3) is 0.682. The van der Waals surface area contributed by atoms with Crippen LogP contribution in [-0.4, -0.2) is 34.2 Å². The normalized spacial score (nSPS) is 24.7. The Kier molecular flexibility index (Phi) is 6.40. The van der Waals surface area contributed by atoms with E-state index in [1.807, 2.05) is 0 Å². The first-order valence-electron chi connectivity index (χ1n) is 10.3. The van der Waals surface area contributed by atoms with Crippen LogP contribution >= 0.6 is 0 Å². The third-order valence-corrected chi connectivity index (χ3v) is 6.79. The molecule has 1 aliphatic carbocycles. The minimum atomic E-state index is -0.785. The highest BCUT2D eigenvalue weighted by molar-refractivity contribution is 5.99. The molecule has 0 saturated heterocycles. The number of halogens is 1. The third kappa shape index (κ3) is 4.29. The van der Waals surface area contributed by atoms with Gasteiger partial charge in [0.15, 0.2) is 11.6 Å². The van der Waals surface area contributed by atoms with Gasteiger partial charge in [-0.1, -0.05) is 26.3 Å². The number of benzene rings is 1. The molecule has 1 aliphatic heterocycles. The van der Waals surface area contributed by atoms with Crippen LogP contribution in [-0.2, 0) is 6.54 Å². The molecule has 150 valence electrons. The fourth-order valence-electron chi connectivity index (χ4n) is 4.89. The van der Waals surface area contributed by atoms with Gasteiger partial charge in [-0.05, 0) is 67.4 Å². The maximum absolute atomic E-state index is 14.1. The van der Waals surface area contributed by atoms with Crippen LogP contribution in [0, 0.1) is 29.5 Å². The molecule has 2 N–H and O–H groups in total. The first-order chi connectivity index (χ1) is 12.9. The Morgan fingerprint density at radius 3 is 2.59 bits per heavy atom. The number of carbonyl (C=O) groups excluding carboxylic acids is 1. The Balaban J connectivity index is 1.52. The van der Waals surface area contributed by atoms with Gasteiger partial charge in [-0.25, -0.2) is 4.39 Å². The second-order valence-electron chi connectivity index (χ2n) is 8.57. The molecular formula is C22H32FNO3. The van der Waals surface area contributed by atoms with Crippen molar-refractivity contribution in [2.45, 2.75) is 58.9 Å². The van der Waals surface area contributed by atoms with Crippen molar-refractivity contribution < 1.29 is 19.4 Å². The molecule has 5 heteroatoms. The van der Waals surface area contributed by atoms with E-state index in [9.17, 15) is 19.4 Å². The summed E-state index contributed by atoms with van der Waals surface area (Å²) in [6.45, 7) is 5.83. The highest BCUT2D eigenvalue weighted by atomic mass is 19.1. The van der Waals surface area contributed by atoms with Crippen LogP contribution < -0.4 is 0 Å². The van der Waals surface area contributed by atoms with Gasteiger partial charge < -0.3 is 15.1 Å². The van der Waals surface area contributed by atoms with Crippen molar-refractivity contribution >= 4 is 5.91 Å². The predicted octanol–water partition coefficient (Wildman–Crippen LogP) is 4.34. The summed E-state index contributed by atoms with van der Waals surface area (Å²) < 4.78 is 14.1. The molecule has 1 saturated carbocycles. The number of carbonyl (C=O) groups is 1. The summed E-state index contributed by atoms with van der Waals surface area (Å²) in [6, 6.07) is 2.98. The third-order valence-electron chi connectivity index (χ3n) is 6.79. The SMILES string of the molecule is CCC(CO)CC(C)C1CCC(CN2Cc3ccc(O)c(F)c3C2=O)CC1. The topological polar surface area (TPSA) is 60.8 Å². The smallest absolute Gasteiger partial charge is 0.257 e. The minimum absolute atomic E-state index is 0.0481. The van der Waals surface area contributed by atoms with Crippen molar-refractivity contribution in [3.8, 4) is 5.75 Å². The number of amides is 1. The Morgan fingerprint density at radius 2 is 1.96 bits per heavy atom. The average molecular weight is 378 g/mol. The first kappa shape index (κ1) is 20.1. The number of aliphatic hydroxyl groups is 1. The van der Waals surface area contributed by atoms with Crippen LogP contribution in [0.15, 0.2) is 12.1 Å². The summed E-state index contributed by atoms with van der Waals surface area (Å²) in [4.78, 5) is 14.3. The number of aliphatic hydroxyl groups excluding tert-OH is 1. The van der Waals surface area contributed by atoms with Gasteiger partial charge in [-0.2, -0.15) is 0 Å². The Labute approximate surface area is 161 Å². The summed E-state index contributed by atoms with van der Waals surface area (Å²) in [6.07, 6.45) is 6.64. The number of nitrogens with zero attached hydrogens (tertiary/aromatic N) is 1. The van der Waals surface area contributed by atoms with E-state index in [2.05, 4.69) is 13.8 Å². The number of hydrogen-bond acceptors (Lipinski definition) is 3. The Bertz CT molecular complexity index is 666. The quantitative estimate of drug-likeness (QED) is 0.743. The van der Waals surface area contributed by atoms with Gasteiger partial charge in [-0.15, -0.1) is 0 Å². The van der Waals surface area contributed by atoms with Crippen molar-refractivity contribution in [1.82, 2.24) is 4.90 Å². The van der Waals surface area contributed by atoms with Crippen molar-refractivity contribution in [1.29, 1.82) is 0 Å². The highest BCUT2D eigenvalue weighted by Gasteiger charge is 2.34. The minimum Gasteiger partial charge on any atom is -0.505 e.